The number of hydrogen-bond acceptors (Lipinski definition) is 3. The quantitative estimate of drug-likeness (QED) is 0.570. The first kappa shape index (κ1) is 22.3. The number of hydrazone groups is 1. The van der Waals surface area contributed by atoms with Crippen molar-refractivity contribution < 1.29 is 19.0 Å². The molecule has 0 aromatic heterocycles. The number of methoxy groups -OCH3 is 1. The summed E-state index contributed by atoms with van der Waals surface area (Å²) in [6.07, 6.45) is 1.90. The SMILES string of the molecule is COc1ccc(C(=O)N[C@H]2C(=O)N/[N+](=C\c3ccc(C(C)C)cc3)[C@@H]2c2ccccc2)cc1. The number of carbonyl (C=O) groups excluding carboxylic acids is 2. The van der Waals surface area contributed by atoms with Crippen molar-refractivity contribution in [3.63, 3.8) is 0 Å². The van der Waals surface area contributed by atoms with Gasteiger partial charge in [0.1, 0.15) is 5.75 Å². The molecule has 3 aromatic carbocycles. The van der Waals surface area contributed by atoms with Crippen LogP contribution in [-0.4, -0.2) is 35.9 Å². The lowest BCUT2D eigenvalue weighted by atomic mass is 9.99. The summed E-state index contributed by atoms with van der Waals surface area (Å²) in [6, 6.07) is 23.6. The number of nitrogens with one attached hydrogen (secondary N) is 2. The number of amides is 2. The van der Waals surface area contributed by atoms with Crippen molar-refractivity contribution in [1.29, 1.82) is 0 Å². The second-order valence-corrected chi connectivity index (χ2v) is 8.37. The summed E-state index contributed by atoms with van der Waals surface area (Å²) in [7, 11) is 1.57. The monoisotopic (exact) mass is 442 g/mol. The number of hydrazine groups is 1. The van der Waals surface area contributed by atoms with Crippen LogP contribution in [0.5, 0.6) is 5.75 Å². The third-order valence-corrected chi connectivity index (χ3v) is 5.81. The van der Waals surface area contributed by atoms with E-state index >= 15 is 0 Å². The minimum Gasteiger partial charge on any atom is -0.497 e. The van der Waals surface area contributed by atoms with E-state index in [1.807, 2.05) is 48.7 Å². The Morgan fingerprint density at radius 2 is 1.67 bits per heavy atom. The Bertz CT molecular complexity index is 1150. The molecule has 0 radical (unpaired) electrons. The topological polar surface area (TPSA) is 70.4 Å². The Labute approximate surface area is 193 Å². The number of carbonyl (C=O) groups is 2. The summed E-state index contributed by atoms with van der Waals surface area (Å²) in [5, 5.41) is 2.92. The predicted molar refractivity (Wildman–Crippen MR) is 128 cm³/mol. The third kappa shape index (κ3) is 4.95. The molecule has 0 unspecified atom stereocenters. The highest BCUT2D eigenvalue weighted by Gasteiger charge is 2.47. The molecule has 1 fully saturated rings. The highest BCUT2D eigenvalue weighted by atomic mass is 16.5. The first-order chi connectivity index (χ1) is 16.0. The molecule has 6 nitrogen and oxygen atoms in total. The van der Waals surface area contributed by atoms with Gasteiger partial charge >= 0.3 is 5.91 Å². The lowest BCUT2D eigenvalue weighted by Gasteiger charge is -2.15. The van der Waals surface area contributed by atoms with E-state index in [-0.39, 0.29) is 11.8 Å². The van der Waals surface area contributed by atoms with Crippen molar-refractivity contribution in [3.05, 3.63) is 101 Å². The zero-order valence-electron chi connectivity index (χ0n) is 19.0. The molecule has 4 rings (SSSR count). The van der Waals surface area contributed by atoms with Crippen LogP contribution in [-0.2, 0) is 4.79 Å². The summed E-state index contributed by atoms with van der Waals surface area (Å²) in [5.41, 5.74) is 6.51. The van der Waals surface area contributed by atoms with Crippen LogP contribution in [0.3, 0.4) is 0 Å². The Kier molecular flexibility index (Phi) is 6.54. The standard InChI is InChI=1S/C27H27N3O3/c1-18(2)20-11-9-19(10-12-20)17-30-25(21-7-5-4-6-8-21)24(27(32)29-30)28-26(31)22-13-15-23(33-3)16-14-22/h4-18,24-25H,1-3H3,(H-,28,29,31,32)/p+1/b30-17-/t24-,25-/m1/s1. The highest BCUT2D eigenvalue weighted by molar-refractivity contribution is 5.98. The van der Waals surface area contributed by atoms with Gasteiger partial charge in [-0.3, -0.25) is 9.59 Å². The molecule has 1 saturated heterocycles. The molecule has 168 valence electrons. The smallest absolute Gasteiger partial charge is 0.304 e. The van der Waals surface area contributed by atoms with Gasteiger partial charge in [0, 0.05) is 16.7 Å². The molecule has 6 heteroatoms. The van der Waals surface area contributed by atoms with Gasteiger partial charge in [-0.05, 0) is 47.9 Å². The second kappa shape index (κ2) is 9.69. The zero-order chi connectivity index (χ0) is 23.4. The van der Waals surface area contributed by atoms with Crippen LogP contribution in [0.25, 0.3) is 0 Å². The van der Waals surface area contributed by atoms with Gasteiger partial charge in [-0.15, -0.1) is 10.1 Å². The van der Waals surface area contributed by atoms with E-state index in [1.165, 1.54) is 5.56 Å². The number of nitrogens with zero attached hydrogens (tertiary/aromatic N) is 1. The van der Waals surface area contributed by atoms with Gasteiger partial charge in [-0.2, -0.15) is 0 Å². The molecule has 1 heterocycles. The number of benzene rings is 3. The van der Waals surface area contributed by atoms with E-state index in [0.717, 1.165) is 11.1 Å². The maximum Gasteiger partial charge on any atom is 0.304 e. The minimum atomic E-state index is -0.756. The van der Waals surface area contributed by atoms with Gasteiger partial charge in [-0.1, -0.05) is 56.3 Å². The average molecular weight is 443 g/mol. The minimum absolute atomic E-state index is 0.263. The normalized spacial score (nSPS) is 18.9. The molecule has 0 saturated carbocycles. The Balaban J connectivity index is 1.64. The summed E-state index contributed by atoms with van der Waals surface area (Å²) >= 11 is 0. The Hall–Kier alpha value is -3.93. The van der Waals surface area contributed by atoms with E-state index in [0.29, 0.717) is 17.2 Å². The van der Waals surface area contributed by atoms with Crippen molar-refractivity contribution in [3.8, 4) is 5.75 Å². The lowest BCUT2D eigenvalue weighted by Crippen LogP contribution is -2.42. The molecule has 0 bridgehead atoms. The number of hydrogen-bond donors (Lipinski definition) is 2. The van der Waals surface area contributed by atoms with Crippen LogP contribution in [0.2, 0.25) is 0 Å². The van der Waals surface area contributed by atoms with E-state index in [1.54, 1.807) is 36.1 Å². The fourth-order valence-corrected chi connectivity index (χ4v) is 3.93. The molecular formula is C27H28N3O3+. The molecular weight excluding hydrogens is 414 g/mol. The molecule has 1 aliphatic heterocycles. The van der Waals surface area contributed by atoms with Crippen LogP contribution in [0, 0.1) is 0 Å². The molecule has 2 atom stereocenters. The third-order valence-electron chi connectivity index (χ3n) is 5.81. The number of ether oxygens (including phenoxy) is 1. The molecule has 33 heavy (non-hydrogen) atoms. The lowest BCUT2D eigenvalue weighted by molar-refractivity contribution is -0.596. The Morgan fingerprint density at radius 1 is 1.00 bits per heavy atom. The average Bonchev–Trinajstić information content (AvgIpc) is 3.14. The fourth-order valence-electron chi connectivity index (χ4n) is 3.93. The van der Waals surface area contributed by atoms with Gasteiger partial charge in [-0.25, -0.2) is 0 Å². The molecule has 1 aliphatic rings. The predicted octanol–water partition coefficient (Wildman–Crippen LogP) is 3.83. The van der Waals surface area contributed by atoms with Gasteiger partial charge in [0.05, 0.1) is 7.11 Å². The number of rotatable bonds is 6. The van der Waals surface area contributed by atoms with Crippen LogP contribution in [0.4, 0.5) is 0 Å². The van der Waals surface area contributed by atoms with E-state index in [2.05, 4.69) is 36.7 Å². The highest BCUT2D eigenvalue weighted by Crippen LogP contribution is 2.26. The summed E-state index contributed by atoms with van der Waals surface area (Å²) in [6.45, 7) is 4.31. The van der Waals surface area contributed by atoms with E-state index in [9.17, 15) is 9.59 Å². The first-order valence-corrected chi connectivity index (χ1v) is 11.0. The fraction of sp³-hybridized carbons (Fsp3) is 0.222. The van der Waals surface area contributed by atoms with Crippen molar-refractivity contribution in [1.82, 2.24) is 10.7 Å². The summed E-state index contributed by atoms with van der Waals surface area (Å²) < 4.78 is 6.94. The van der Waals surface area contributed by atoms with E-state index in [4.69, 9.17) is 4.74 Å². The van der Waals surface area contributed by atoms with Crippen molar-refractivity contribution >= 4 is 18.0 Å². The molecule has 2 amide bonds. The van der Waals surface area contributed by atoms with Gasteiger partial charge in [0.15, 0.2) is 6.04 Å². The van der Waals surface area contributed by atoms with Crippen LogP contribution < -0.4 is 15.5 Å². The van der Waals surface area contributed by atoms with Gasteiger partial charge in [0.25, 0.3) is 5.91 Å². The maximum absolute atomic E-state index is 13.0. The van der Waals surface area contributed by atoms with Crippen LogP contribution in [0.15, 0.2) is 78.9 Å². The van der Waals surface area contributed by atoms with Crippen molar-refractivity contribution in [2.75, 3.05) is 7.11 Å². The molecule has 3 aromatic rings. The Morgan fingerprint density at radius 3 is 2.27 bits per heavy atom. The van der Waals surface area contributed by atoms with Gasteiger partial charge in [0.2, 0.25) is 12.3 Å². The molecule has 0 spiro atoms. The molecule has 0 aliphatic carbocycles. The van der Waals surface area contributed by atoms with Crippen LogP contribution in [0.1, 0.15) is 52.9 Å². The summed E-state index contributed by atoms with van der Waals surface area (Å²) in [4.78, 5) is 25.9. The van der Waals surface area contributed by atoms with Crippen molar-refractivity contribution in [2.24, 2.45) is 0 Å². The largest absolute Gasteiger partial charge is 0.497 e. The first-order valence-electron chi connectivity index (χ1n) is 11.0. The second-order valence-electron chi connectivity index (χ2n) is 8.37. The zero-order valence-corrected chi connectivity index (χ0v) is 19.0. The molecule has 2 N–H and O–H groups in total. The summed E-state index contributed by atoms with van der Waals surface area (Å²) in [5.74, 6) is 0.527. The van der Waals surface area contributed by atoms with Crippen molar-refractivity contribution in [2.45, 2.75) is 31.8 Å². The van der Waals surface area contributed by atoms with Crippen LogP contribution >= 0.6 is 0 Å². The van der Waals surface area contributed by atoms with Gasteiger partial charge < -0.3 is 10.1 Å². The van der Waals surface area contributed by atoms with E-state index < -0.39 is 12.1 Å². The maximum atomic E-state index is 13.0.